The highest BCUT2D eigenvalue weighted by Gasteiger charge is 2.00. The van der Waals surface area contributed by atoms with Crippen molar-refractivity contribution in [1.82, 2.24) is 10.2 Å². The molecule has 2 heteroatoms. The molecule has 1 unspecified atom stereocenters. The first-order valence-electron chi connectivity index (χ1n) is 4.48. The lowest BCUT2D eigenvalue weighted by Crippen LogP contribution is -2.36. The van der Waals surface area contributed by atoms with Crippen LogP contribution in [0, 0.1) is 12.3 Å². The van der Waals surface area contributed by atoms with E-state index >= 15 is 0 Å². The van der Waals surface area contributed by atoms with E-state index in [-0.39, 0.29) is 0 Å². The molecule has 70 valence electrons. The molecule has 1 N–H and O–H groups in total. The summed E-state index contributed by atoms with van der Waals surface area (Å²) in [5.41, 5.74) is 0. The van der Waals surface area contributed by atoms with Gasteiger partial charge in [-0.2, -0.15) is 0 Å². The molecule has 0 spiro atoms. The standard InChI is InChI=1S/C10H20N2/c1-5-6-7-8-11-10(2)9-12(3)4/h1,10-11H,6-9H2,2-4H3. The van der Waals surface area contributed by atoms with Crippen LogP contribution in [0.15, 0.2) is 0 Å². The van der Waals surface area contributed by atoms with Crippen LogP contribution in [0.5, 0.6) is 0 Å². The summed E-state index contributed by atoms with van der Waals surface area (Å²) in [6.07, 6.45) is 7.09. The first kappa shape index (κ1) is 11.5. The van der Waals surface area contributed by atoms with E-state index in [1.54, 1.807) is 0 Å². The molecule has 0 fully saturated rings. The van der Waals surface area contributed by atoms with Gasteiger partial charge < -0.3 is 10.2 Å². The Morgan fingerprint density at radius 3 is 2.67 bits per heavy atom. The van der Waals surface area contributed by atoms with Crippen LogP contribution in [0.1, 0.15) is 19.8 Å². The minimum absolute atomic E-state index is 0.553. The predicted molar refractivity (Wildman–Crippen MR) is 54.1 cm³/mol. The van der Waals surface area contributed by atoms with Gasteiger partial charge in [-0.05, 0) is 34.0 Å². The van der Waals surface area contributed by atoms with Crippen molar-refractivity contribution in [1.29, 1.82) is 0 Å². The monoisotopic (exact) mass is 168 g/mol. The average Bonchev–Trinajstić information content (AvgIpc) is 1.97. The largest absolute Gasteiger partial charge is 0.313 e. The lowest BCUT2D eigenvalue weighted by atomic mass is 10.3. The minimum Gasteiger partial charge on any atom is -0.313 e. The summed E-state index contributed by atoms with van der Waals surface area (Å²) < 4.78 is 0. The van der Waals surface area contributed by atoms with Crippen molar-refractivity contribution >= 4 is 0 Å². The number of nitrogens with zero attached hydrogens (tertiary/aromatic N) is 1. The molecule has 0 amide bonds. The molecule has 0 aliphatic carbocycles. The van der Waals surface area contributed by atoms with Crippen molar-refractivity contribution < 1.29 is 0 Å². The number of rotatable bonds is 6. The van der Waals surface area contributed by atoms with Crippen molar-refractivity contribution in [2.24, 2.45) is 0 Å². The lowest BCUT2D eigenvalue weighted by Gasteiger charge is -2.17. The zero-order valence-electron chi connectivity index (χ0n) is 8.43. The van der Waals surface area contributed by atoms with Crippen LogP contribution in [0.3, 0.4) is 0 Å². The topological polar surface area (TPSA) is 15.3 Å². The molecule has 2 nitrogen and oxygen atoms in total. The van der Waals surface area contributed by atoms with Gasteiger partial charge in [0.2, 0.25) is 0 Å². The van der Waals surface area contributed by atoms with Gasteiger partial charge in [0.25, 0.3) is 0 Å². The van der Waals surface area contributed by atoms with Gasteiger partial charge in [0, 0.05) is 19.0 Å². The summed E-state index contributed by atoms with van der Waals surface area (Å²) in [6, 6.07) is 0.553. The van der Waals surface area contributed by atoms with Gasteiger partial charge in [0.05, 0.1) is 0 Å². The Bertz CT molecular complexity index is 135. The Labute approximate surface area is 76.3 Å². The second kappa shape index (κ2) is 7.15. The lowest BCUT2D eigenvalue weighted by molar-refractivity contribution is 0.350. The van der Waals surface area contributed by atoms with Crippen LogP contribution in [0.2, 0.25) is 0 Å². The summed E-state index contributed by atoms with van der Waals surface area (Å²) in [7, 11) is 4.17. The fourth-order valence-electron chi connectivity index (χ4n) is 1.15. The van der Waals surface area contributed by atoms with E-state index in [1.807, 2.05) is 0 Å². The molecule has 12 heavy (non-hydrogen) atoms. The van der Waals surface area contributed by atoms with Crippen LogP contribution in [-0.4, -0.2) is 38.1 Å². The summed E-state index contributed by atoms with van der Waals surface area (Å²) >= 11 is 0. The van der Waals surface area contributed by atoms with E-state index in [2.05, 4.69) is 37.2 Å². The highest BCUT2D eigenvalue weighted by molar-refractivity contribution is 4.83. The molecular formula is C10H20N2. The first-order valence-corrected chi connectivity index (χ1v) is 4.48. The molecule has 0 aliphatic heterocycles. The number of hydrogen-bond acceptors (Lipinski definition) is 2. The maximum Gasteiger partial charge on any atom is 0.0166 e. The molecule has 0 heterocycles. The number of likely N-dealkylation sites (N-methyl/N-ethyl adjacent to an activating group) is 1. The first-order chi connectivity index (χ1) is 5.66. The Hall–Kier alpha value is -0.520. The van der Waals surface area contributed by atoms with Crippen molar-refractivity contribution in [2.75, 3.05) is 27.2 Å². The fraction of sp³-hybridized carbons (Fsp3) is 0.800. The average molecular weight is 168 g/mol. The van der Waals surface area contributed by atoms with E-state index in [4.69, 9.17) is 6.42 Å². The maximum atomic E-state index is 5.14. The maximum absolute atomic E-state index is 5.14. The van der Waals surface area contributed by atoms with Crippen molar-refractivity contribution in [3.63, 3.8) is 0 Å². The van der Waals surface area contributed by atoms with Crippen molar-refractivity contribution in [2.45, 2.75) is 25.8 Å². The Balaban J connectivity index is 3.20. The summed E-state index contributed by atoms with van der Waals surface area (Å²) in [5.74, 6) is 2.63. The third-order valence-corrected chi connectivity index (χ3v) is 1.63. The highest BCUT2D eigenvalue weighted by atomic mass is 15.1. The fourth-order valence-corrected chi connectivity index (χ4v) is 1.15. The summed E-state index contributed by atoms with van der Waals surface area (Å²) in [5, 5.41) is 3.41. The van der Waals surface area contributed by atoms with Crippen LogP contribution in [0.25, 0.3) is 0 Å². The molecule has 0 aliphatic rings. The Kier molecular flexibility index (Phi) is 6.84. The third kappa shape index (κ3) is 7.59. The van der Waals surface area contributed by atoms with Gasteiger partial charge in [-0.3, -0.25) is 0 Å². The molecule has 1 atom stereocenters. The van der Waals surface area contributed by atoms with Crippen LogP contribution >= 0.6 is 0 Å². The molecule has 0 aromatic carbocycles. The number of terminal acetylenes is 1. The van der Waals surface area contributed by atoms with Gasteiger partial charge in [-0.1, -0.05) is 0 Å². The minimum atomic E-state index is 0.553. The highest BCUT2D eigenvalue weighted by Crippen LogP contribution is 1.88. The Morgan fingerprint density at radius 1 is 1.50 bits per heavy atom. The molecule has 0 saturated carbocycles. The smallest absolute Gasteiger partial charge is 0.0166 e. The van der Waals surface area contributed by atoms with Crippen LogP contribution in [0.4, 0.5) is 0 Å². The molecule has 0 bridgehead atoms. The van der Waals surface area contributed by atoms with Gasteiger partial charge in [-0.15, -0.1) is 12.3 Å². The molecule has 0 rings (SSSR count). The SMILES string of the molecule is C#CCCCNC(C)CN(C)C. The summed E-state index contributed by atoms with van der Waals surface area (Å²) in [4.78, 5) is 2.18. The zero-order chi connectivity index (χ0) is 9.40. The van der Waals surface area contributed by atoms with E-state index in [0.29, 0.717) is 6.04 Å². The molecule has 0 radical (unpaired) electrons. The van der Waals surface area contributed by atoms with E-state index in [1.165, 1.54) is 0 Å². The van der Waals surface area contributed by atoms with Crippen molar-refractivity contribution in [3.8, 4) is 12.3 Å². The zero-order valence-corrected chi connectivity index (χ0v) is 8.43. The number of hydrogen-bond donors (Lipinski definition) is 1. The Morgan fingerprint density at radius 2 is 2.17 bits per heavy atom. The number of unbranched alkanes of at least 4 members (excludes halogenated alkanes) is 1. The quantitative estimate of drug-likeness (QED) is 0.469. The number of nitrogens with one attached hydrogen (secondary N) is 1. The molecular weight excluding hydrogens is 148 g/mol. The van der Waals surface area contributed by atoms with Crippen LogP contribution < -0.4 is 5.32 Å². The van der Waals surface area contributed by atoms with Crippen molar-refractivity contribution in [3.05, 3.63) is 0 Å². The normalized spacial score (nSPS) is 12.9. The van der Waals surface area contributed by atoms with Gasteiger partial charge in [0.15, 0.2) is 0 Å². The van der Waals surface area contributed by atoms with Gasteiger partial charge in [-0.25, -0.2) is 0 Å². The molecule has 0 aromatic heterocycles. The third-order valence-electron chi connectivity index (χ3n) is 1.63. The van der Waals surface area contributed by atoms with E-state index < -0.39 is 0 Å². The predicted octanol–water partition coefficient (Wildman–Crippen LogP) is 0.940. The molecule has 0 aromatic rings. The summed E-state index contributed by atoms with van der Waals surface area (Å²) in [6.45, 7) is 4.30. The second-order valence-corrected chi connectivity index (χ2v) is 3.43. The van der Waals surface area contributed by atoms with Gasteiger partial charge >= 0.3 is 0 Å². The second-order valence-electron chi connectivity index (χ2n) is 3.43. The van der Waals surface area contributed by atoms with E-state index in [0.717, 1.165) is 25.9 Å². The van der Waals surface area contributed by atoms with Crippen LogP contribution in [-0.2, 0) is 0 Å². The molecule has 0 saturated heterocycles. The van der Waals surface area contributed by atoms with Gasteiger partial charge in [0.1, 0.15) is 0 Å². The van der Waals surface area contributed by atoms with E-state index in [9.17, 15) is 0 Å².